The van der Waals surface area contributed by atoms with Crippen LogP contribution in [0, 0.1) is 5.82 Å². The van der Waals surface area contributed by atoms with E-state index in [1.807, 2.05) is 0 Å². The molecule has 0 aromatic heterocycles. The number of methoxy groups -OCH3 is 1. The Balaban J connectivity index is 1.66. The summed E-state index contributed by atoms with van der Waals surface area (Å²) in [5.41, 5.74) is 2.46. The lowest BCUT2D eigenvalue weighted by Gasteiger charge is -2.18. The Hall–Kier alpha value is -4.00. The highest BCUT2D eigenvalue weighted by molar-refractivity contribution is 6.05. The zero-order valence-corrected chi connectivity index (χ0v) is 17.1. The van der Waals surface area contributed by atoms with Gasteiger partial charge in [0.1, 0.15) is 5.82 Å². The molecule has 0 saturated carbocycles. The molecule has 0 bridgehead atoms. The van der Waals surface area contributed by atoms with Gasteiger partial charge in [0.15, 0.2) is 0 Å². The fourth-order valence-corrected chi connectivity index (χ4v) is 2.96. The van der Waals surface area contributed by atoms with Crippen molar-refractivity contribution in [3.8, 4) is 0 Å². The average Bonchev–Trinajstić information content (AvgIpc) is 2.79. The Morgan fingerprint density at radius 2 is 1.55 bits per heavy atom. The van der Waals surface area contributed by atoms with E-state index in [1.54, 1.807) is 55.6 Å². The van der Waals surface area contributed by atoms with Gasteiger partial charge in [-0.25, -0.2) is 9.18 Å². The maximum Gasteiger partial charge on any atom is 0.337 e. The monoisotopic (exact) mass is 420 g/mol. The molecule has 31 heavy (non-hydrogen) atoms. The van der Waals surface area contributed by atoms with Crippen molar-refractivity contribution in [3.63, 3.8) is 0 Å². The first-order valence-electron chi connectivity index (χ1n) is 9.47. The highest BCUT2D eigenvalue weighted by atomic mass is 19.1. The number of amides is 2. The van der Waals surface area contributed by atoms with E-state index in [0.717, 1.165) is 5.56 Å². The van der Waals surface area contributed by atoms with E-state index in [0.29, 0.717) is 28.9 Å². The fourth-order valence-electron chi connectivity index (χ4n) is 2.96. The zero-order chi connectivity index (χ0) is 22.4. The second-order valence-corrected chi connectivity index (χ2v) is 6.89. The summed E-state index contributed by atoms with van der Waals surface area (Å²) in [6, 6.07) is 18.6. The third-order valence-electron chi connectivity index (χ3n) is 4.62. The van der Waals surface area contributed by atoms with Gasteiger partial charge in [0.2, 0.25) is 0 Å². The molecule has 0 fully saturated rings. The van der Waals surface area contributed by atoms with Crippen molar-refractivity contribution in [2.45, 2.75) is 6.54 Å². The van der Waals surface area contributed by atoms with Gasteiger partial charge in [-0.2, -0.15) is 0 Å². The van der Waals surface area contributed by atoms with Crippen molar-refractivity contribution >= 4 is 23.5 Å². The molecular formula is C24H21FN2O4. The first kappa shape index (κ1) is 21.7. The molecule has 0 aliphatic carbocycles. The number of anilines is 1. The van der Waals surface area contributed by atoms with Crippen LogP contribution in [-0.4, -0.2) is 36.8 Å². The van der Waals surface area contributed by atoms with Gasteiger partial charge in [-0.1, -0.05) is 18.2 Å². The van der Waals surface area contributed by atoms with Gasteiger partial charge in [-0.15, -0.1) is 0 Å². The Kier molecular flexibility index (Phi) is 6.77. The normalized spacial score (nSPS) is 10.3. The Morgan fingerprint density at radius 1 is 0.903 bits per heavy atom. The van der Waals surface area contributed by atoms with Crippen molar-refractivity contribution in [1.82, 2.24) is 4.90 Å². The summed E-state index contributed by atoms with van der Waals surface area (Å²) in [6.07, 6.45) is 0. The van der Waals surface area contributed by atoms with Crippen molar-refractivity contribution < 1.29 is 23.5 Å². The largest absolute Gasteiger partial charge is 0.465 e. The summed E-state index contributed by atoms with van der Waals surface area (Å²) in [6.45, 7) is 0.340. The fraction of sp³-hybridized carbons (Fsp3) is 0.125. The number of esters is 1. The molecule has 6 nitrogen and oxygen atoms in total. The highest BCUT2D eigenvalue weighted by Crippen LogP contribution is 2.16. The molecule has 3 rings (SSSR count). The van der Waals surface area contributed by atoms with Crippen molar-refractivity contribution in [2.24, 2.45) is 0 Å². The minimum Gasteiger partial charge on any atom is -0.465 e. The van der Waals surface area contributed by atoms with Crippen LogP contribution in [0.5, 0.6) is 0 Å². The van der Waals surface area contributed by atoms with E-state index < -0.39 is 17.7 Å². The molecule has 0 aliphatic heterocycles. The molecule has 2 amide bonds. The zero-order valence-electron chi connectivity index (χ0n) is 17.1. The minimum atomic E-state index is -0.424. The number of nitrogens with zero attached hydrogens (tertiary/aromatic N) is 1. The molecule has 7 heteroatoms. The Bertz CT molecular complexity index is 1100. The van der Waals surface area contributed by atoms with E-state index in [2.05, 4.69) is 10.1 Å². The first-order chi connectivity index (χ1) is 14.9. The van der Waals surface area contributed by atoms with Gasteiger partial charge >= 0.3 is 5.97 Å². The summed E-state index contributed by atoms with van der Waals surface area (Å²) in [5.74, 6) is -1.47. The molecule has 3 aromatic carbocycles. The van der Waals surface area contributed by atoms with Crippen LogP contribution in [0.25, 0.3) is 0 Å². The lowest BCUT2D eigenvalue weighted by Crippen LogP contribution is -2.26. The molecule has 0 heterocycles. The maximum atomic E-state index is 13.0. The third kappa shape index (κ3) is 5.54. The summed E-state index contributed by atoms with van der Waals surface area (Å²) in [7, 11) is 2.99. The van der Waals surface area contributed by atoms with Gasteiger partial charge in [0, 0.05) is 30.4 Å². The Morgan fingerprint density at radius 3 is 2.19 bits per heavy atom. The van der Waals surface area contributed by atoms with Gasteiger partial charge in [-0.3, -0.25) is 9.59 Å². The van der Waals surface area contributed by atoms with Crippen LogP contribution in [0.4, 0.5) is 10.1 Å². The van der Waals surface area contributed by atoms with Crippen LogP contribution in [0.2, 0.25) is 0 Å². The molecular weight excluding hydrogens is 399 g/mol. The van der Waals surface area contributed by atoms with Crippen LogP contribution < -0.4 is 5.32 Å². The standard InChI is InChI=1S/C24H21FN2O4/c1-27(15-16-6-8-18(9-7-16)24(30)31-2)23(29)19-4-3-5-21(14-19)26-22(28)17-10-12-20(25)13-11-17/h3-14H,15H2,1-2H3,(H,26,28). The van der Waals surface area contributed by atoms with Crippen LogP contribution in [0.3, 0.4) is 0 Å². The quantitative estimate of drug-likeness (QED) is 0.609. The van der Waals surface area contributed by atoms with Crippen LogP contribution in [0.1, 0.15) is 36.6 Å². The highest BCUT2D eigenvalue weighted by Gasteiger charge is 2.14. The number of ether oxygens (including phenoxy) is 1. The summed E-state index contributed by atoms with van der Waals surface area (Å²) in [4.78, 5) is 38.2. The number of benzene rings is 3. The molecule has 0 unspecified atom stereocenters. The van der Waals surface area contributed by atoms with E-state index in [4.69, 9.17) is 0 Å². The summed E-state index contributed by atoms with van der Waals surface area (Å²) in [5, 5.41) is 2.71. The number of carbonyl (C=O) groups excluding carboxylic acids is 3. The second-order valence-electron chi connectivity index (χ2n) is 6.89. The van der Waals surface area contributed by atoms with E-state index in [9.17, 15) is 18.8 Å². The molecule has 0 radical (unpaired) electrons. The maximum absolute atomic E-state index is 13.0. The van der Waals surface area contributed by atoms with Crippen LogP contribution >= 0.6 is 0 Å². The van der Waals surface area contributed by atoms with E-state index >= 15 is 0 Å². The van der Waals surface area contributed by atoms with Gasteiger partial charge in [0.25, 0.3) is 11.8 Å². The predicted molar refractivity (Wildman–Crippen MR) is 114 cm³/mol. The molecule has 0 aliphatic rings. The first-order valence-corrected chi connectivity index (χ1v) is 9.47. The van der Waals surface area contributed by atoms with Crippen LogP contribution in [0.15, 0.2) is 72.8 Å². The number of hydrogen-bond acceptors (Lipinski definition) is 4. The molecule has 0 atom stereocenters. The average molecular weight is 420 g/mol. The predicted octanol–water partition coefficient (Wildman–Crippen LogP) is 4.14. The number of nitrogens with one attached hydrogen (secondary N) is 1. The lowest BCUT2D eigenvalue weighted by atomic mass is 10.1. The van der Waals surface area contributed by atoms with Gasteiger partial charge in [-0.05, 0) is 60.2 Å². The summed E-state index contributed by atoms with van der Waals surface area (Å²) < 4.78 is 17.7. The van der Waals surface area contributed by atoms with E-state index in [1.165, 1.54) is 36.3 Å². The number of rotatable bonds is 6. The molecule has 3 aromatic rings. The molecule has 0 spiro atoms. The summed E-state index contributed by atoms with van der Waals surface area (Å²) >= 11 is 0. The molecule has 158 valence electrons. The SMILES string of the molecule is COC(=O)c1ccc(CN(C)C(=O)c2cccc(NC(=O)c3ccc(F)cc3)c2)cc1. The second kappa shape index (κ2) is 9.67. The van der Waals surface area contributed by atoms with Crippen LogP contribution in [-0.2, 0) is 11.3 Å². The number of hydrogen-bond donors (Lipinski definition) is 1. The van der Waals surface area contributed by atoms with Crippen molar-refractivity contribution in [3.05, 3.63) is 101 Å². The lowest BCUT2D eigenvalue weighted by molar-refractivity contribution is 0.0600. The van der Waals surface area contributed by atoms with Crippen molar-refractivity contribution in [2.75, 3.05) is 19.5 Å². The number of halogens is 1. The van der Waals surface area contributed by atoms with E-state index in [-0.39, 0.29) is 5.91 Å². The molecule has 1 N–H and O–H groups in total. The minimum absolute atomic E-state index is 0.227. The number of carbonyl (C=O) groups is 3. The third-order valence-corrected chi connectivity index (χ3v) is 4.62. The topological polar surface area (TPSA) is 75.7 Å². The Labute approximate surface area is 179 Å². The van der Waals surface area contributed by atoms with Gasteiger partial charge in [0.05, 0.1) is 12.7 Å². The molecule has 0 saturated heterocycles. The van der Waals surface area contributed by atoms with Crippen molar-refractivity contribution in [1.29, 1.82) is 0 Å². The smallest absolute Gasteiger partial charge is 0.337 e. The van der Waals surface area contributed by atoms with Gasteiger partial charge < -0.3 is 15.0 Å².